The van der Waals surface area contributed by atoms with Crippen LogP contribution in [0.15, 0.2) is 12.1 Å². The van der Waals surface area contributed by atoms with E-state index in [4.69, 9.17) is 28.5 Å². The Hall–Kier alpha value is -1.31. The topological polar surface area (TPSA) is 65.8 Å². The van der Waals surface area contributed by atoms with Gasteiger partial charge in [0.1, 0.15) is 17.4 Å². The lowest BCUT2D eigenvalue weighted by Crippen LogP contribution is -2.24. The lowest BCUT2D eigenvalue weighted by molar-refractivity contribution is 0.0953. The number of aromatic nitrogens is 1. The Bertz CT molecular complexity index is 400. The molecule has 0 spiro atoms. The number of carbonyl (C=O) groups excluding carboxylic acids is 1. The van der Waals surface area contributed by atoms with Gasteiger partial charge in [0.15, 0.2) is 0 Å². The van der Waals surface area contributed by atoms with Crippen molar-refractivity contribution >= 4 is 29.1 Å². The number of pyridine rings is 1. The molecular formula is C8H5Cl2N3O. The monoisotopic (exact) mass is 229 g/mol. The lowest BCUT2D eigenvalue weighted by atomic mass is 10.3. The van der Waals surface area contributed by atoms with E-state index in [9.17, 15) is 4.79 Å². The number of amides is 1. The van der Waals surface area contributed by atoms with Gasteiger partial charge in [0.05, 0.1) is 11.1 Å². The summed E-state index contributed by atoms with van der Waals surface area (Å²) in [7, 11) is 0. The molecule has 1 heterocycles. The predicted octanol–water partition coefficient (Wildman–Crippen LogP) is 1.64. The van der Waals surface area contributed by atoms with Crippen LogP contribution in [0.4, 0.5) is 0 Å². The molecule has 0 unspecified atom stereocenters. The zero-order valence-electron chi connectivity index (χ0n) is 6.92. The number of hydrogen-bond acceptors (Lipinski definition) is 3. The van der Waals surface area contributed by atoms with E-state index >= 15 is 0 Å². The summed E-state index contributed by atoms with van der Waals surface area (Å²) in [5.41, 5.74) is 0.0226. The highest BCUT2D eigenvalue weighted by molar-refractivity contribution is 6.34. The van der Waals surface area contributed by atoms with Crippen molar-refractivity contribution in [3.05, 3.63) is 28.0 Å². The van der Waals surface area contributed by atoms with Crippen LogP contribution in [0.5, 0.6) is 0 Å². The average molecular weight is 230 g/mol. The Labute approximate surface area is 90.5 Å². The van der Waals surface area contributed by atoms with Gasteiger partial charge < -0.3 is 5.32 Å². The quantitative estimate of drug-likeness (QED) is 0.620. The molecule has 0 aliphatic carbocycles. The van der Waals surface area contributed by atoms with Crippen LogP contribution in [0.3, 0.4) is 0 Å². The molecule has 14 heavy (non-hydrogen) atoms. The zero-order valence-corrected chi connectivity index (χ0v) is 8.43. The van der Waals surface area contributed by atoms with Crippen LogP contribution in [0, 0.1) is 11.3 Å². The molecule has 1 rings (SSSR count). The van der Waals surface area contributed by atoms with Gasteiger partial charge in [-0.1, -0.05) is 23.2 Å². The fraction of sp³-hybridized carbons (Fsp3) is 0.125. The van der Waals surface area contributed by atoms with E-state index < -0.39 is 5.91 Å². The summed E-state index contributed by atoms with van der Waals surface area (Å²) < 4.78 is 0. The zero-order chi connectivity index (χ0) is 10.6. The van der Waals surface area contributed by atoms with E-state index in [1.165, 1.54) is 12.1 Å². The minimum absolute atomic E-state index is 0.0226. The Kier molecular flexibility index (Phi) is 3.69. The normalized spacial score (nSPS) is 9.21. The van der Waals surface area contributed by atoms with E-state index in [2.05, 4.69) is 10.3 Å². The predicted molar refractivity (Wildman–Crippen MR) is 52.2 cm³/mol. The Balaban J connectivity index is 2.90. The van der Waals surface area contributed by atoms with Crippen LogP contribution in [-0.4, -0.2) is 17.4 Å². The molecule has 6 heteroatoms. The molecule has 1 aromatic heterocycles. The molecular weight excluding hydrogens is 225 g/mol. The van der Waals surface area contributed by atoms with Crippen LogP contribution < -0.4 is 5.32 Å². The number of hydrogen-bond donors (Lipinski definition) is 1. The van der Waals surface area contributed by atoms with Gasteiger partial charge in [-0.05, 0) is 12.1 Å². The molecule has 0 aliphatic rings. The summed E-state index contributed by atoms with van der Waals surface area (Å²) in [5, 5.41) is 10.9. The summed E-state index contributed by atoms with van der Waals surface area (Å²) in [6, 6.07) is 4.71. The Morgan fingerprint density at radius 2 is 2.29 bits per heavy atom. The molecule has 1 amide bonds. The molecule has 0 atom stereocenters. The van der Waals surface area contributed by atoms with E-state index in [1.807, 2.05) is 0 Å². The van der Waals surface area contributed by atoms with Gasteiger partial charge in [-0.2, -0.15) is 5.26 Å². The molecule has 72 valence electrons. The van der Waals surface area contributed by atoms with Gasteiger partial charge in [-0.3, -0.25) is 4.79 Å². The SMILES string of the molecule is N#CCNC(=O)c1nc(Cl)ccc1Cl. The molecule has 0 radical (unpaired) electrons. The first-order chi connectivity index (χ1) is 6.65. The van der Waals surface area contributed by atoms with E-state index in [1.54, 1.807) is 6.07 Å². The standard InChI is InChI=1S/C8H5Cl2N3O/c9-5-1-2-6(10)13-7(5)8(14)12-4-3-11/h1-2H,4H2,(H,12,14). The van der Waals surface area contributed by atoms with Crippen LogP contribution >= 0.6 is 23.2 Å². The van der Waals surface area contributed by atoms with Gasteiger partial charge in [0, 0.05) is 0 Å². The van der Waals surface area contributed by atoms with E-state index in [0.29, 0.717) is 0 Å². The van der Waals surface area contributed by atoms with Crippen molar-refractivity contribution in [2.75, 3.05) is 6.54 Å². The number of halogens is 2. The summed E-state index contributed by atoms with van der Waals surface area (Å²) in [4.78, 5) is 15.0. The number of nitrogens with zero attached hydrogens (tertiary/aromatic N) is 2. The first kappa shape index (κ1) is 10.8. The third kappa shape index (κ3) is 2.59. The minimum Gasteiger partial charge on any atom is -0.338 e. The molecule has 0 fully saturated rings. The number of nitriles is 1. The van der Waals surface area contributed by atoms with Crippen LogP contribution in [-0.2, 0) is 0 Å². The van der Waals surface area contributed by atoms with Gasteiger partial charge in [-0.15, -0.1) is 0 Å². The molecule has 1 aromatic rings. The fourth-order valence-electron chi connectivity index (χ4n) is 0.781. The third-order valence-electron chi connectivity index (χ3n) is 1.36. The maximum atomic E-state index is 11.3. The second-order valence-electron chi connectivity index (χ2n) is 2.31. The summed E-state index contributed by atoms with van der Waals surface area (Å²) in [5.74, 6) is -0.515. The largest absolute Gasteiger partial charge is 0.338 e. The van der Waals surface area contributed by atoms with Crippen molar-refractivity contribution in [1.82, 2.24) is 10.3 Å². The van der Waals surface area contributed by atoms with E-state index in [-0.39, 0.29) is 22.4 Å². The molecule has 0 saturated carbocycles. The van der Waals surface area contributed by atoms with Gasteiger partial charge >= 0.3 is 0 Å². The van der Waals surface area contributed by atoms with Crippen LogP contribution in [0.1, 0.15) is 10.5 Å². The van der Waals surface area contributed by atoms with Crippen molar-refractivity contribution < 1.29 is 4.79 Å². The molecule has 0 aromatic carbocycles. The summed E-state index contributed by atoms with van der Waals surface area (Å²) in [6.45, 7) is -0.0939. The lowest BCUT2D eigenvalue weighted by Gasteiger charge is -2.02. The first-order valence-corrected chi connectivity index (χ1v) is 4.38. The summed E-state index contributed by atoms with van der Waals surface area (Å²) >= 11 is 11.3. The molecule has 0 bridgehead atoms. The smallest absolute Gasteiger partial charge is 0.272 e. The molecule has 1 N–H and O–H groups in total. The van der Waals surface area contributed by atoms with Crippen molar-refractivity contribution in [2.45, 2.75) is 0 Å². The van der Waals surface area contributed by atoms with Crippen molar-refractivity contribution in [3.8, 4) is 6.07 Å². The highest BCUT2D eigenvalue weighted by atomic mass is 35.5. The van der Waals surface area contributed by atoms with Crippen LogP contribution in [0.2, 0.25) is 10.2 Å². The van der Waals surface area contributed by atoms with Crippen molar-refractivity contribution in [3.63, 3.8) is 0 Å². The second-order valence-corrected chi connectivity index (χ2v) is 3.10. The molecule has 4 nitrogen and oxygen atoms in total. The minimum atomic E-state index is -0.515. The number of nitrogens with one attached hydrogen (secondary N) is 1. The van der Waals surface area contributed by atoms with Gasteiger partial charge in [0.25, 0.3) is 5.91 Å². The van der Waals surface area contributed by atoms with Crippen molar-refractivity contribution in [1.29, 1.82) is 5.26 Å². The Morgan fingerprint density at radius 3 is 2.93 bits per heavy atom. The van der Waals surface area contributed by atoms with E-state index in [0.717, 1.165) is 0 Å². The first-order valence-electron chi connectivity index (χ1n) is 3.62. The molecule has 0 aliphatic heterocycles. The highest BCUT2D eigenvalue weighted by Gasteiger charge is 2.11. The number of rotatable bonds is 2. The van der Waals surface area contributed by atoms with Gasteiger partial charge in [-0.25, -0.2) is 4.98 Å². The molecule has 0 saturated heterocycles. The number of carbonyl (C=O) groups is 1. The maximum Gasteiger partial charge on any atom is 0.272 e. The third-order valence-corrected chi connectivity index (χ3v) is 1.87. The van der Waals surface area contributed by atoms with Gasteiger partial charge in [0.2, 0.25) is 0 Å². The summed E-state index contributed by atoms with van der Waals surface area (Å²) in [6.07, 6.45) is 0. The highest BCUT2D eigenvalue weighted by Crippen LogP contribution is 2.16. The maximum absolute atomic E-state index is 11.3. The average Bonchev–Trinajstić information content (AvgIpc) is 2.18. The second kappa shape index (κ2) is 4.80. The Morgan fingerprint density at radius 1 is 1.57 bits per heavy atom. The van der Waals surface area contributed by atoms with Crippen LogP contribution in [0.25, 0.3) is 0 Å². The van der Waals surface area contributed by atoms with Crippen molar-refractivity contribution in [2.24, 2.45) is 0 Å². The fourth-order valence-corrected chi connectivity index (χ4v) is 1.12.